The summed E-state index contributed by atoms with van der Waals surface area (Å²) in [6.45, 7) is 0. The van der Waals surface area contributed by atoms with Gasteiger partial charge in [0.25, 0.3) is 14.6 Å². The first kappa shape index (κ1) is 38.9. The molecule has 7 rings (SSSR count). The van der Waals surface area contributed by atoms with Gasteiger partial charge in [0.05, 0.1) is 22.9 Å². The Bertz CT molecular complexity index is 1990. The van der Waals surface area contributed by atoms with Crippen molar-refractivity contribution in [1.82, 2.24) is 0 Å². The van der Waals surface area contributed by atoms with E-state index in [1.807, 2.05) is 0 Å². The fraction of sp³-hybridized carbons (Fsp3) is 0.136. The van der Waals surface area contributed by atoms with E-state index in [2.05, 4.69) is 0 Å². The summed E-state index contributed by atoms with van der Waals surface area (Å²) in [5.41, 5.74) is -7.19. The fourth-order valence-corrected chi connectivity index (χ4v) is 21.3. The van der Waals surface area contributed by atoms with Gasteiger partial charge in [-0.2, -0.15) is 0 Å². The zero-order valence-electron chi connectivity index (χ0n) is 30.3. The zero-order valence-corrected chi connectivity index (χ0v) is 32.3. The molecule has 0 amide bonds. The molecule has 0 saturated carbocycles. The van der Waals surface area contributed by atoms with Crippen LogP contribution >= 0.6 is 0 Å². The third-order valence-corrected chi connectivity index (χ3v) is 22.3. The summed E-state index contributed by atoms with van der Waals surface area (Å²) >= 11 is 0. The topological polar surface area (TPSA) is 156 Å². The molecule has 4 atom stereocenters. The van der Waals surface area contributed by atoms with Crippen LogP contribution in [-0.4, -0.2) is 96.0 Å². The molecule has 12 heteroatoms. The third-order valence-electron chi connectivity index (χ3n) is 11.8. The Morgan fingerprint density at radius 3 is 0.768 bits per heavy atom. The minimum atomic E-state index is -4.62. The van der Waals surface area contributed by atoms with E-state index in [4.69, 9.17) is 0 Å². The average Bonchev–Trinajstić information content (AvgIpc) is 3.24. The summed E-state index contributed by atoms with van der Waals surface area (Å²) in [6, 6.07) is 51.7. The van der Waals surface area contributed by atoms with Gasteiger partial charge in [0.1, 0.15) is 0 Å². The maximum absolute atomic E-state index is 14.0. The molecule has 0 spiro atoms. The molecule has 0 aromatic heterocycles. The van der Waals surface area contributed by atoms with Crippen molar-refractivity contribution < 1.29 is 40.2 Å². The monoisotopic (exact) mass is 774 g/mol. The van der Waals surface area contributed by atoms with E-state index in [1.54, 1.807) is 182 Å². The maximum atomic E-state index is 14.0. The molecule has 1 heterocycles. The summed E-state index contributed by atoms with van der Waals surface area (Å²) < 4.78 is 0. The highest BCUT2D eigenvalue weighted by Crippen LogP contribution is 2.49. The van der Waals surface area contributed by atoms with Gasteiger partial charge in [-0.3, -0.25) is 9.59 Å². The minimum absolute atomic E-state index is 0.240. The van der Waals surface area contributed by atoms with Crippen molar-refractivity contribution >= 4 is 63.2 Å². The normalized spacial score (nSPS) is 25.5. The van der Waals surface area contributed by atoms with Gasteiger partial charge in [0.15, 0.2) is 16.1 Å². The van der Waals surface area contributed by atoms with E-state index in [0.29, 0.717) is 20.7 Å². The van der Waals surface area contributed by atoms with Crippen molar-refractivity contribution in [3.8, 4) is 0 Å². The van der Waals surface area contributed by atoms with Crippen LogP contribution in [0.2, 0.25) is 0 Å². The molecule has 1 aliphatic rings. The summed E-state index contributed by atoms with van der Waals surface area (Å²) in [6.07, 6.45) is 0. The lowest BCUT2D eigenvalue weighted by Gasteiger charge is -2.63. The predicted octanol–water partition coefficient (Wildman–Crippen LogP) is 2.68. The number of aliphatic hydroxyl groups is 4. The van der Waals surface area contributed by atoms with Crippen molar-refractivity contribution in [2.24, 2.45) is 0 Å². The molecule has 0 bridgehead atoms. The molecule has 1 aliphatic heterocycles. The van der Waals surface area contributed by atoms with Gasteiger partial charge in [0, 0.05) is 10.6 Å². The molecule has 6 aromatic carbocycles. The van der Waals surface area contributed by atoms with Crippen LogP contribution in [0.3, 0.4) is 0 Å². The molecule has 8 nitrogen and oxygen atoms in total. The number of rotatable bonds is 10. The van der Waals surface area contributed by atoms with Crippen molar-refractivity contribution in [1.29, 1.82) is 0 Å². The molecule has 6 aromatic rings. The molecular formula is C44H40B2O8Si2. The van der Waals surface area contributed by atoms with Gasteiger partial charge in [-0.1, -0.05) is 182 Å². The first-order valence-electron chi connectivity index (χ1n) is 18.3. The second kappa shape index (κ2) is 15.7. The lowest BCUT2D eigenvalue weighted by Crippen LogP contribution is -2.93. The highest BCUT2D eigenvalue weighted by molar-refractivity contribution is 7.09. The van der Waals surface area contributed by atoms with Crippen LogP contribution in [0.1, 0.15) is 11.1 Å². The number of hydrogen-bond acceptors (Lipinski definition) is 6. The molecule has 2 radical (unpaired) electrons. The van der Waals surface area contributed by atoms with E-state index in [0.717, 1.165) is 14.6 Å². The lowest BCUT2D eigenvalue weighted by atomic mass is 9.49. The number of aliphatic hydroxyl groups excluding tert-OH is 4. The van der Waals surface area contributed by atoms with Gasteiger partial charge >= 0.3 is 0 Å². The van der Waals surface area contributed by atoms with Gasteiger partial charge in [-0.15, -0.1) is 0 Å². The Morgan fingerprint density at radius 1 is 0.375 bits per heavy atom. The molecule has 1 fully saturated rings. The molecule has 56 heavy (non-hydrogen) atoms. The van der Waals surface area contributed by atoms with Gasteiger partial charge in [0.2, 0.25) is 11.7 Å². The van der Waals surface area contributed by atoms with Gasteiger partial charge < -0.3 is 30.6 Å². The van der Waals surface area contributed by atoms with Gasteiger partial charge in [-0.25, -0.2) is 0 Å². The van der Waals surface area contributed by atoms with Crippen LogP contribution in [-0.2, 0) is 10.6 Å². The molecule has 4 unspecified atom stereocenters. The first-order valence-corrected chi connectivity index (χ1v) is 22.6. The molecule has 1 saturated heterocycles. The molecule has 0 aliphatic carbocycles. The Morgan fingerprint density at radius 2 is 0.571 bits per heavy atom. The standard InChI is InChI=1S/C44H40B2O8Si2/c47-37-43(45-41(51)52,31-19-7-1-8-20-31)38(48)56(35-27-15-5-16-28-35,36-29-17-6-18-30-36)40(50)44(46-42(53)54,32-21-9-2-10-22-32)39(49)55(37,33-23-11-3-12-24-33)34-25-13-4-14-26-34/h1-30,37-40,47-50H,(H,51,52)(H,53,54). The largest absolute Gasteiger partial charge is 0.490 e. The number of benzene rings is 6. The smallest absolute Gasteiger partial charge is 0.278 e. The Labute approximate surface area is 328 Å². The highest BCUT2D eigenvalue weighted by atomic mass is 28.3. The van der Waals surface area contributed by atoms with E-state index >= 15 is 0 Å². The predicted molar refractivity (Wildman–Crippen MR) is 224 cm³/mol. The SMILES string of the molecule is O=C(O)[B]C1(c2ccccc2)C(O)[Si](c2ccccc2)(c2ccccc2)C(O)C([B]C(=O)O)(c2ccccc2)C(O)[Si](c2ccccc2)(c2ccccc2)C1O. The van der Waals surface area contributed by atoms with Crippen LogP contribution in [0.5, 0.6) is 0 Å². The van der Waals surface area contributed by atoms with Crippen LogP contribution in [0.15, 0.2) is 182 Å². The molecule has 6 N–H and O–H groups in total. The van der Waals surface area contributed by atoms with Crippen LogP contribution < -0.4 is 20.7 Å². The zero-order chi connectivity index (χ0) is 39.6. The summed E-state index contributed by atoms with van der Waals surface area (Å²) in [5.74, 6) is -2.90. The van der Waals surface area contributed by atoms with Crippen LogP contribution in [0.4, 0.5) is 9.59 Å². The van der Waals surface area contributed by atoms with Crippen molar-refractivity contribution in [3.63, 3.8) is 0 Å². The Kier molecular flexibility index (Phi) is 10.9. The average molecular weight is 775 g/mol. The van der Waals surface area contributed by atoms with Crippen LogP contribution in [0.25, 0.3) is 0 Å². The van der Waals surface area contributed by atoms with Crippen molar-refractivity contribution in [2.45, 2.75) is 33.5 Å². The van der Waals surface area contributed by atoms with Gasteiger partial charge in [-0.05, 0) is 31.9 Å². The van der Waals surface area contributed by atoms with E-state index in [9.17, 15) is 40.2 Å². The number of carboxylic acid groups (broad SMARTS) is 2. The maximum Gasteiger partial charge on any atom is 0.278 e. The van der Waals surface area contributed by atoms with E-state index < -0.39 is 61.4 Å². The van der Waals surface area contributed by atoms with E-state index in [1.165, 1.54) is 0 Å². The summed E-state index contributed by atoms with van der Waals surface area (Å²) in [4.78, 5) is 27.0. The number of carbonyl (C=O) groups is 2. The lowest BCUT2D eigenvalue weighted by molar-refractivity contribution is 0.0519. The Hall–Kier alpha value is -5.34. The quantitative estimate of drug-likeness (QED) is 0.116. The fourth-order valence-electron chi connectivity index (χ4n) is 9.53. The first-order chi connectivity index (χ1) is 27.1. The third kappa shape index (κ3) is 5.92. The molecular weight excluding hydrogens is 734 g/mol. The minimum Gasteiger partial charge on any atom is -0.490 e. The van der Waals surface area contributed by atoms with Crippen molar-refractivity contribution in [2.75, 3.05) is 0 Å². The van der Waals surface area contributed by atoms with Crippen LogP contribution in [0, 0.1) is 0 Å². The molecule has 278 valence electrons. The summed E-state index contributed by atoms with van der Waals surface area (Å²) in [5, 5.41) is 75.4. The highest BCUT2D eigenvalue weighted by Gasteiger charge is 2.75. The number of hydrogen-bond donors (Lipinski definition) is 6. The second-order valence-electron chi connectivity index (χ2n) is 14.4. The second-order valence-corrected chi connectivity index (χ2v) is 22.3. The summed E-state index contributed by atoms with van der Waals surface area (Å²) in [7, 11) is -7.39. The van der Waals surface area contributed by atoms with E-state index in [-0.39, 0.29) is 11.1 Å². The Balaban J connectivity index is 1.81. The van der Waals surface area contributed by atoms with Crippen molar-refractivity contribution in [3.05, 3.63) is 193 Å².